The van der Waals surface area contributed by atoms with Gasteiger partial charge in [-0.3, -0.25) is 5.10 Å². The molecule has 1 aromatic heterocycles. The zero-order valence-electron chi connectivity index (χ0n) is 13.5. The van der Waals surface area contributed by atoms with E-state index in [-0.39, 0.29) is 0 Å². The number of aromatic nitrogens is 2. The fourth-order valence-corrected chi connectivity index (χ4v) is 3.44. The molecule has 0 bridgehead atoms. The van der Waals surface area contributed by atoms with E-state index in [1.807, 2.05) is 54.6 Å². The van der Waals surface area contributed by atoms with Crippen LogP contribution in [0.1, 0.15) is 11.3 Å². The number of anilines is 1. The number of rotatable bonds is 2. The Morgan fingerprint density at radius 3 is 2.64 bits per heavy atom. The number of benzene rings is 2. The molecule has 0 radical (unpaired) electrons. The van der Waals surface area contributed by atoms with E-state index < -0.39 is 0 Å². The Morgan fingerprint density at radius 2 is 1.88 bits per heavy atom. The molecule has 1 aliphatic rings. The molecule has 0 aliphatic carbocycles. The largest absolute Gasteiger partial charge is 0.344 e. The Labute approximate surface area is 156 Å². The minimum atomic E-state index is 0.725. The van der Waals surface area contributed by atoms with Gasteiger partial charge in [-0.15, -0.1) is 0 Å². The Morgan fingerprint density at radius 1 is 1.12 bits per heavy atom. The number of aromatic amines is 1. The molecule has 0 fully saturated rings. The second-order valence-corrected chi connectivity index (χ2v) is 6.83. The van der Waals surface area contributed by atoms with Crippen LogP contribution in [0.4, 0.5) is 5.69 Å². The smallest absolute Gasteiger partial charge is 0.173 e. The first kappa shape index (κ1) is 16.1. The molecule has 126 valence electrons. The molecule has 0 amide bonds. The van der Waals surface area contributed by atoms with Gasteiger partial charge in [0.25, 0.3) is 0 Å². The Bertz CT molecular complexity index is 890. The van der Waals surface area contributed by atoms with Gasteiger partial charge in [-0.25, -0.2) is 0 Å². The van der Waals surface area contributed by atoms with Crippen molar-refractivity contribution in [1.82, 2.24) is 15.1 Å². The van der Waals surface area contributed by atoms with Crippen molar-refractivity contribution in [2.24, 2.45) is 0 Å². The SMILES string of the molecule is S=C(Nc1ccccc1)N1CCc2[nH]nc(-c3ccc(Cl)cc3)c2C1. The number of H-pyrrole nitrogens is 1. The van der Waals surface area contributed by atoms with Crippen LogP contribution in [0.3, 0.4) is 0 Å². The average molecular weight is 369 g/mol. The molecule has 4 nitrogen and oxygen atoms in total. The molecule has 0 spiro atoms. The summed E-state index contributed by atoms with van der Waals surface area (Å²) in [6.07, 6.45) is 0.895. The Balaban J connectivity index is 1.55. The van der Waals surface area contributed by atoms with Crippen molar-refractivity contribution in [2.75, 3.05) is 11.9 Å². The number of nitrogens with one attached hydrogen (secondary N) is 2. The summed E-state index contributed by atoms with van der Waals surface area (Å²) in [6, 6.07) is 17.8. The molecule has 0 saturated carbocycles. The Kier molecular flexibility index (Phi) is 4.42. The molecule has 0 unspecified atom stereocenters. The van der Waals surface area contributed by atoms with Crippen molar-refractivity contribution >= 4 is 34.6 Å². The lowest BCUT2D eigenvalue weighted by Gasteiger charge is -2.29. The maximum atomic E-state index is 6.00. The summed E-state index contributed by atoms with van der Waals surface area (Å²) < 4.78 is 0. The third-order valence-corrected chi connectivity index (χ3v) is 4.98. The van der Waals surface area contributed by atoms with Gasteiger partial charge in [0.2, 0.25) is 0 Å². The van der Waals surface area contributed by atoms with Gasteiger partial charge < -0.3 is 10.2 Å². The molecule has 2 aromatic carbocycles. The summed E-state index contributed by atoms with van der Waals surface area (Å²) in [5.41, 5.74) is 5.42. The highest BCUT2D eigenvalue weighted by atomic mass is 35.5. The third-order valence-electron chi connectivity index (χ3n) is 4.36. The molecule has 6 heteroatoms. The van der Waals surface area contributed by atoms with Gasteiger partial charge in [-0.1, -0.05) is 41.9 Å². The van der Waals surface area contributed by atoms with Gasteiger partial charge in [0.15, 0.2) is 5.11 Å². The van der Waals surface area contributed by atoms with Crippen LogP contribution >= 0.6 is 23.8 Å². The average Bonchev–Trinajstić information content (AvgIpc) is 3.06. The topological polar surface area (TPSA) is 44.0 Å². The number of fused-ring (bicyclic) bond motifs is 1. The van der Waals surface area contributed by atoms with Crippen molar-refractivity contribution in [3.05, 3.63) is 70.9 Å². The van der Waals surface area contributed by atoms with Gasteiger partial charge in [0.05, 0.1) is 5.69 Å². The third kappa shape index (κ3) is 3.38. The molecule has 3 aromatic rings. The summed E-state index contributed by atoms with van der Waals surface area (Å²) in [5, 5.41) is 12.5. The van der Waals surface area contributed by atoms with Gasteiger partial charge >= 0.3 is 0 Å². The maximum Gasteiger partial charge on any atom is 0.173 e. The molecule has 2 N–H and O–H groups in total. The summed E-state index contributed by atoms with van der Waals surface area (Å²) in [7, 11) is 0. The summed E-state index contributed by atoms with van der Waals surface area (Å²) >= 11 is 11.6. The summed E-state index contributed by atoms with van der Waals surface area (Å²) in [5.74, 6) is 0. The van der Waals surface area contributed by atoms with Crippen molar-refractivity contribution in [1.29, 1.82) is 0 Å². The minimum absolute atomic E-state index is 0.725. The predicted molar refractivity (Wildman–Crippen MR) is 106 cm³/mol. The van der Waals surface area contributed by atoms with Crippen LogP contribution in [0.2, 0.25) is 5.02 Å². The van der Waals surface area contributed by atoms with Crippen LogP contribution in [0.15, 0.2) is 54.6 Å². The van der Waals surface area contributed by atoms with E-state index >= 15 is 0 Å². The highest BCUT2D eigenvalue weighted by Crippen LogP contribution is 2.29. The van der Waals surface area contributed by atoms with Gasteiger partial charge in [-0.05, 0) is 36.5 Å². The molecule has 25 heavy (non-hydrogen) atoms. The van der Waals surface area contributed by atoms with Crippen LogP contribution < -0.4 is 5.32 Å². The van der Waals surface area contributed by atoms with Gasteiger partial charge in [0.1, 0.15) is 0 Å². The van der Waals surface area contributed by atoms with E-state index in [2.05, 4.69) is 20.4 Å². The molecule has 0 saturated heterocycles. The molecular formula is C19H17ClN4S. The molecule has 1 aliphatic heterocycles. The summed E-state index contributed by atoms with van der Waals surface area (Å²) in [6.45, 7) is 1.61. The number of halogens is 1. The van der Waals surface area contributed by atoms with Crippen molar-refractivity contribution in [3.8, 4) is 11.3 Å². The van der Waals surface area contributed by atoms with E-state index in [0.717, 1.165) is 46.6 Å². The molecule has 2 heterocycles. The van der Waals surface area contributed by atoms with E-state index in [4.69, 9.17) is 23.8 Å². The van der Waals surface area contributed by atoms with Crippen LogP contribution in [0.5, 0.6) is 0 Å². The quantitative estimate of drug-likeness (QED) is 0.654. The van der Waals surface area contributed by atoms with E-state index in [1.54, 1.807) is 0 Å². The second kappa shape index (κ2) is 6.86. The predicted octanol–water partition coefficient (Wildman–Crippen LogP) is 4.49. The van der Waals surface area contributed by atoms with Crippen molar-refractivity contribution in [3.63, 3.8) is 0 Å². The zero-order chi connectivity index (χ0) is 17.2. The fourth-order valence-electron chi connectivity index (χ4n) is 3.04. The first-order valence-electron chi connectivity index (χ1n) is 8.14. The lowest BCUT2D eigenvalue weighted by Crippen LogP contribution is -2.38. The number of nitrogens with zero attached hydrogens (tertiary/aromatic N) is 2. The van der Waals surface area contributed by atoms with E-state index in [9.17, 15) is 0 Å². The van der Waals surface area contributed by atoms with Crippen LogP contribution in [-0.4, -0.2) is 26.8 Å². The second-order valence-electron chi connectivity index (χ2n) is 6.00. The lowest BCUT2D eigenvalue weighted by atomic mass is 10.0. The van der Waals surface area contributed by atoms with Crippen LogP contribution in [0, 0.1) is 0 Å². The lowest BCUT2D eigenvalue weighted by molar-refractivity contribution is 0.398. The highest BCUT2D eigenvalue weighted by Gasteiger charge is 2.24. The zero-order valence-corrected chi connectivity index (χ0v) is 15.1. The van der Waals surface area contributed by atoms with Crippen molar-refractivity contribution in [2.45, 2.75) is 13.0 Å². The number of hydrogen-bond acceptors (Lipinski definition) is 2. The fraction of sp³-hybridized carbons (Fsp3) is 0.158. The van der Waals surface area contributed by atoms with Crippen LogP contribution in [-0.2, 0) is 13.0 Å². The van der Waals surface area contributed by atoms with E-state index in [1.165, 1.54) is 11.3 Å². The number of para-hydroxylation sites is 1. The molecule has 0 atom stereocenters. The van der Waals surface area contributed by atoms with Crippen LogP contribution in [0.25, 0.3) is 11.3 Å². The first-order valence-corrected chi connectivity index (χ1v) is 8.92. The monoisotopic (exact) mass is 368 g/mol. The van der Waals surface area contributed by atoms with Gasteiger partial charge in [-0.2, -0.15) is 5.10 Å². The van der Waals surface area contributed by atoms with Gasteiger partial charge in [0, 0.05) is 47.0 Å². The van der Waals surface area contributed by atoms with E-state index in [0.29, 0.717) is 0 Å². The number of thiocarbonyl (C=S) groups is 1. The Hall–Kier alpha value is -2.37. The summed E-state index contributed by atoms with van der Waals surface area (Å²) in [4.78, 5) is 2.18. The number of hydrogen-bond donors (Lipinski definition) is 2. The molecule has 4 rings (SSSR count). The highest BCUT2D eigenvalue weighted by molar-refractivity contribution is 7.80. The first-order chi connectivity index (χ1) is 12.2. The normalized spacial score (nSPS) is 13.4. The molecular weight excluding hydrogens is 352 g/mol. The maximum absolute atomic E-state index is 6.00. The minimum Gasteiger partial charge on any atom is -0.344 e. The van der Waals surface area contributed by atoms with Crippen molar-refractivity contribution < 1.29 is 0 Å². The standard InChI is InChI=1S/C19H17ClN4S/c20-14-8-6-13(7-9-14)18-16-12-24(11-10-17(16)22-23-18)19(25)21-15-4-2-1-3-5-15/h1-9H,10-12H2,(H,21,25)(H,22,23).